The molecule has 0 saturated heterocycles. The molecule has 0 N–H and O–H groups in total. The number of para-hydroxylation sites is 2. The van der Waals surface area contributed by atoms with Crippen LogP contribution < -0.4 is 4.90 Å². The topological polar surface area (TPSA) is 29.0 Å². The lowest BCUT2D eigenvalue weighted by atomic mass is 10.2. The van der Waals surface area contributed by atoms with E-state index < -0.39 is 0 Å². The summed E-state index contributed by atoms with van der Waals surface area (Å²) in [6.07, 6.45) is 1.89. The molecule has 0 atom stereocenters. The highest BCUT2D eigenvalue weighted by Crippen LogP contribution is 2.14. The quantitative estimate of drug-likeness (QED) is 0.713. The third-order valence-electron chi connectivity index (χ3n) is 3.11. The fraction of sp³-hybridized carbons (Fsp3) is 0.125. The molecule has 1 aromatic heterocycles. The van der Waals surface area contributed by atoms with E-state index in [4.69, 9.17) is 0 Å². The molecule has 3 aromatic rings. The van der Waals surface area contributed by atoms with Gasteiger partial charge in [0.25, 0.3) is 0 Å². The van der Waals surface area contributed by atoms with Gasteiger partial charge in [-0.25, -0.2) is 9.97 Å². The van der Waals surface area contributed by atoms with Crippen molar-refractivity contribution in [2.45, 2.75) is 6.54 Å². The normalized spacial score (nSPS) is 10.6. The molecule has 0 aliphatic rings. The lowest BCUT2D eigenvalue weighted by Gasteiger charge is -2.18. The summed E-state index contributed by atoms with van der Waals surface area (Å²) in [5, 5.41) is 1.08. The van der Waals surface area contributed by atoms with Gasteiger partial charge in [-0.15, -0.1) is 0 Å². The first-order valence-corrected chi connectivity index (χ1v) is 6.30. The highest BCUT2D eigenvalue weighted by Gasteiger charge is 2.04. The molecule has 2 aromatic carbocycles. The molecule has 0 fully saturated rings. The zero-order chi connectivity index (χ0) is 13.1. The van der Waals surface area contributed by atoms with Gasteiger partial charge in [0, 0.05) is 24.3 Å². The smallest absolute Gasteiger partial charge is 0.148 e. The third-order valence-corrected chi connectivity index (χ3v) is 3.11. The van der Waals surface area contributed by atoms with Crippen LogP contribution in [0.2, 0.25) is 0 Å². The standard InChI is InChI=1S/C16H15N3/c1-19(14-8-3-2-4-9-14)12-16-17-11-13-7-5-6-10-15(13)18-16/h2-11H,12H2,1H3. The van der Waals surface area contributed by atoms with Gasteiger partial charge >= 0.3 is 0 Å². The first-order valence-electron chi connectivity index (χ1n) is 6.30. The van der Waals surface area contributed by atoms with E-state index in [2.05, 4.69) is 27.0 Å². The van der Waals surface area contributed by atoms with E-state index in [1.165, 1.54) is 5.69 Å². The fourth-order valence-corrected chi connectivity index (χ4v) is 2.07. The van der Waals surface area contributed by atoms with Crippen LogP contribution in [0.5, 0.6) is 0 Å². The van der Waals surface area contributed by atoms with Gasteiger partial charge in [-0.2, -0.15) is 0 Å². The second-order valence-electron chi connectivity index (χ2n) is 4.54. The Labute approximate surface area is 112 Å². The van der Waals surface area contributed by atoms with Crippen LogP contribution in [0.1, 0.15) is 5.82 Å². The Bertz CT molecular complexity index is 680. The van der Waals surface area contributed by atoms with Crippen molar-refractivity contribution in [2.75, 3.05) is 11.9 Å². The van der Waals surface area contributed by atoms with Gasteiger partial charge in [-0.1, -0.05) is 36.4 Å². The van der Waals surface area contributed by atoms with Crippen LogP contribution in [0.15, 0.2) is 60.8 Å². The largest absolute Gasteiger partial charge is 0.367 e. The van der Waals surface area contributed by atoms with E-state index in [0.717, 1.165) is 16.7 Å². The summed E-state index contributed by atoms with van der Waals surface area (Å²) in [7, 11) is 2.05. The number of hydrogen-bond donors (Lipinski definition) is 0. The van der Waals surface area contributed by atoms with Crippen LogP contribution in [0, 0.1) is 0 Å². The Morgan fingerprint density at radius 1 is 0.947 bits per heavy atom. The molecule has 0 bridgehead atoms. The molecule has 1 heterocycles. The van der Waals surface area contributed by atoms with Crippen molar-refractivity contribution in [1.82, 2.24) is 9.97 Å². The Morgan fingerprint density at radius 2 is 1.68 bits per heavy atom. The highest BCUT2D eigenvalue weighted by molar-refractivity contribution is 5.77. The molecule has 3 heteroatoms. The van der Waals surface area contributed by atoms with Gasteiger partial charge in [0.2, 0.25) is 0 Å². The molecule has 0 unspecified atom stereocenters. The van der Waals surface area contributed by atoms with Crippen molar-refractivity contribution in [3.8, 4) is 0 Å². The lowest BCUT2D eigenvalue weighted by molar-refractivity contribution is 0.847. The van der Waals surface area contributed by atoms with E-state index in [1.54, 1.807) is 0 Å². The predicted octanol–water partition coefficient (Wildman–Crippen LogP) is 3.27. The predicted molar refractivity (Wildman–Crippen MR) is 78.1 cm³/mol. The van der Waals surface area contributed by atoms with E-state index in [0.29, 0.717) is 6.54 Å². The second kappa shape index (κ2) is 5.06. The van der Waals surface area contributed by atoms with Crippen LogP contribution in [0.3, 0.4) is 0 Å². The minimum Gasteiger partial charge on any atom is -0.367 e. The Hall–Kier alpha value is -2.42. The van der Waals surface area contributed by atoms with Gasteiger partial charge in [-0.3, -0.25) is 0 Å². The minimum absolute atomic E-state index is 0.703. The van der Waals surface area contributed by atoms with Gasteiger partial charge in [-0.05, 0) is 18.2 Å². The van der Waals surface area contributed by atoms with Crippen LogP contribution in [0.25, 0.3) is 10.9 Å². The average Bonchev–Trinajstić information content (AvgIpc) is 2.48. The molecule has 0 saturated carbocycles. The molecule has 3 nitrogen and oxygen atoms in total. The maximum Gasteiger partial charge on any atom is 0.148 e. The van der Waals surface area contributed by atoms with Crippen LogP contribution >= 0.6 is 0 Å². The summed E-state index contributed by atoms with van der Waals surface area (Å²) in [6, 6.07) is 18.3. The number of anilines is 1. The molecule has 0 spiro atoms. The number of fused-ring (bicyclic) bond motifs is 1. The van der Waals surface area contributed by atoms with E-state index >= 15 is 0 Å². The van der Waals surface area contributed by atoms with Crippen molar-refractivity contribution in [3.63, 3.8) is 0 Å². The van der Waals surface area contributed by atoms with Crippen molar-refractivity contribution in [1.29, 1.82) is 0 Å². The lowest BCUT2D eigenvalue weighted by Crippen LogP contribution is -2.18. The van der Waals surface area contributed by atoms with Gasteiger partial charge in [0.1, 0.15) is 5.82 Å². The van der Waals surface area contributed by atoms with E-state index in [1.807, 2.05) is 55.7 Å². The number of nitrogens with zero attached hydrogens (tertiary/aromatic N) is 3. The van der Waals surface area contributed by atoms with Gasteiger partial charge in [0.15, 0.2) is 0 Å². The maximum absolute atomic E-state index is 4.59. The van der Waals surface area contributed by atoms with Crippen LogP contribution in [-0.4, -0.2) is 17.0 Å². The zero-order valence-corrected chi connectivity index (χ0v) is 10.8. The third kappa shape index (κ3) is 2.55. The zero-order valence-electron chi connectivity index (χ0n) is 10.8. The van der Waals surface area contributed by atoms with E-state index in [9.17, 15) is 0 Å². The van der Waals surface area contributed by atoms with Gasteiger partial charge in [0.05, 0.1) is 12.1 Å². The van der Waals surface area contributed by atoms with Crippen LogP contribution in [-0.2, 0) is 6.54 Å². The monoisotopic (exact) mass is 249 g/mol. The Morgan fingerprint density at radius 3 is 2.53 bits per heavy atom. The SMILES string of the molecule is CN(Cc1ncc2ccccc2n1)c1ccccc1. The Kier molecular flexibility index (Phi) is 3.11. The highest BCUT2D eigenvalue weighted by atomic mass is 15.1. The molecule has 0 aliphatic carbocycles. The molecular formula is C16H15N3. The maximum atomic E-state index is 4.59. The molecule has 0 amide bonds. The summed E-state index contributed by atoms with van der Waals surface area (Å²) in [6.45, 7) is 0.703. The number of aromatic nitrogens is 2. The van der Waals surface area contributed by atoms with E-state index in [-0.39, 0.29) is 0 Å². The van der Waals surface area contributed by atoms with Crippen molar-refractivity contribution in [2.24, 2.45) is 0 Å². The van der Waals surface area contributed by atoms with Crippen molar-refractivity contribution in [3.05, 3.63) is 66.6 Å². The molecular weight excluding hydrogens is 234 g/mol. The number of hydrogen-bond acceptors (Lipinski definition) is 3. The molecule has 0 aliphatic heterocycles. The summed E-state index contributed by atoms with van der Waals surface area (Å²) >= 11 is 0. The number of rotatable bonds is 3. The Balaban J connectivity index is 1.85. The summed E-state index contributed by atoms with van der Waals surface area (Å²) in [4.78, 5) is 11.2. The first kappa shape index (κ1) is 11.7. The first-order chi connectivity index (χ1) is 9.33. The minimum atomic E-state index is 0.703. The molecule has 0 radical (unpaired) electrons. The molecule has 94 valence electrons. The second-order valence-corrected chi connectivity index (χ2v) is 4.54. The summed E-state index contributed by atoms with van der Waals surface area (Å²) in [5.41, 5.74) is 2.16. The van der Waals surface area contributed by atoms with Crippen molar-refractivity contribution < 1.29 is 0 Å². The summed E-state index contributed by atoms with van der Waals surface area (Å²) < 4.78 is 0. The molecule has 19 heavy (non-hydrogen) atoms. The number of benzene rings is 2. The molecule has 3 rings (SSSR count). The van der Waals surface area contributed by atoms with Crippen LogP contribution in [0.4, 0.5) is 5.69 Å². The van der Waals surface area contributed by atoms with Gasteiger partial charge < -0.3 is 4.90 Å². The van der Waals surface area contributed by atoms with Crippen molar-refractivity contribution >= 4 is 16.6 Å². The fourth-order valence-electron chi connectivity index (χ4n) is 2.07. The summed E-state index contributed by atoms with van der Waals surface area (Å²) in [5.74, 6) is 0.838. The average molecular weight is 249 g/mol.